The maximum atomic E-state index is 4.26. The summed E-state index contributed by atoms with van der Waals surface area (Å²) in [5, 5.41) is 7.81. The highest BCUT2D eigenvalue weighted by molar-refractivity contribution is 5.15. The lowest BCUT2D eigenvalue weighted by atomic mass is 9.87. The van der Waals surface area contributed by atoms with E-state index in [1.807, 2.05) is 17.9 Å². The lowest BCUT2D eigenvalue weighted by Crippen LogP contribution is -2.19. The van der Waals surface area contributed by atoms with E-state index in [4.69, 9.17) is 0 Å². The lowest BCUT2D eigenvalue weighted by molar-refractivity contribution is 0.334. The van der Waals surface area contributed by atoms with E-state index < -0.39 is 0 Å². The minimum absolute atomic E-state index is 0.965. The van der Waals surface area contributed by atoms with Crippen molar-refractivity contribution >= 4 is 0 Å². The molecule has 0 unspecified atom stereocenters. The second-order valence-corrected chi connectivity index (χ2v) is 5.35. The van der Waals surface area contributed by atoms with E-state index in [9.17, 15) is 0 Å². The van der Waals surface area contributed by atoms with Crippen LogP contribution in [0.1, 0.15) is 49.8 Å². The summed E-state index contributed by atoms with van der Waals surface area (Å²) in [7, 11) is 2.00. The van der Waals surface area contributed by atoms with Crippen molar-refractivity contribution in [1.82, 2.24) is 15.1 Å². The first-order valence-corrected chi connectivity index (χ1v) is 6.95. The summed E-state index contributed by atoms with van der Waals surface area (Å²) < 4.78 is 1.94. The van der Waals surface area contributed by atoms with Crippen molar-refractivity contribution in [2.24, 2.45) is 13.0 Å². The molecule has 96 valence electrons. The van der Waals surface area contributed by atoms with Crippen LogP contribution in [0, 0.1) is 12.8 Å². The third kappa shape index (κ3) is 3.56. The van der Waals surface area contributed by atoms with Gasteiger partial charge in [-0.15, -0.1) is 0 Å². The Balaban J connectivity index is 1.64. The molecule has 1 aliphatic rings. The van der Waals surface area contributed by atoms with Crippen LogP contribution in [0.3, 0.4) is 0 Å². The average molecular weight is 235 g/mol. The van der Waals surface area contributed by atoms with Gasteiger partial charge >= 0.3 is 0 Å². The molecular weight excluding hydrogens is 210 g/mol. The maximum Gasteiger partial charge on any atom is 0.0537 e. The number of aryl methyl sites for hydroxylation is 1. The molecule has 0 radical (unpaired) electrons. The molecule has 0 atom stereocenters. The molecular formula is C14H25N3. The summed E-state index contributed by atoms with van der Waals surface area (Å²) in [5.74, 6) is 0.978. The van der Waals surface area contributed by atoms with Crippen LogP contribution in [0.5, 0.6) is 0 Å². The molecule has 3 nitrogen and oxygen atoms in total. The van der Waals surface area contributed by atoms with E-state index in [0.29, 0.717) is 0 Å². The first kappa shape index (κ1) is 12.6. The van der Waals surface area contributed by atoms with E-state index in [1.54, 1.807) is 0 Å². The van der Waals surface area contributed by atoms with E-state index in [1.165, 1.54) is 49.8 Å². The second kappa shape index (κ2) is 6.20. The molecule has 0 amide bonds. The van der Waals surface area contributed by atoms with Crippen LogP contribution in [0.15, 0.2) is 6.20 Å². The molecule has 2 rings (SSSR count). The van der Waals surface area contributed by atoms with Crippen molar-refractivity contribution in [1.29, 1.82) is 0 Å². The summed E-state index contributed by atoms with van der Waals surface area (Å²) in [5.41, 5.74) is 2.60. The summed E-state index contributed by atoms with van der Waals surface area (Å²) in [4.78, 5) is 0. The van der Waals surface area contributed by atoms with Crippen molar-refractivity contribution in [3.05, 3.63) is 17.5 Å². The summed E-state index contributed by atoms with van der Waals surface area (Å²) in [6.07, 6.45) is 10.6. The van der Waals surface area contributed by atoms with Crippen LogP contribution in [-0.4, -0.2) is 16.3 Å². The third-order valence-corrected chi connectivity index (χ3v) is 4.11. The molecule has 0 aliphatic heterocycles. The monoisotopic (exact) mass is 235 g/mol. The molecule has 0 saturated heterocycles. The van der Waals surface area contributed by atoms with Gasteiger partial charge in [-0.1, -0.05) is 32.1 Å². The second-order valence-electron chi connectivity index (χ2n) is 5.35. The van der Waals surface area contributed by atoms with E-state index in [-0.39, 0.29) is 0 Å². The maximum absolute atomic E-state index is 4.26. The molecule has 0 bridgehead atoms. The molecule has 3 heteroatoms. The zero-order valence-electron chi connectivity index (χ0n) is 11.2. The van der Waals surface area contributed by atoms with E-state index in [2.05, 4.69) is 17.3 Å². The zero-order valence-corrected chi connectivity index (χ0v) is 11.2. The molecule has 1 aromatic heterocycles. The van der Waals surface area contributed by atoms with Gasteiger partial charge in [0.1, 0.15) is 0 Å². The van der Waals surface area contributed by atoms with Gasteiger partial charge in [-0.05, 0) is 25.8 Å². The molecule has 1 N–H and O–H groups in total. The molecule has 1 aromatic rings. The first-order valence-electron chi connectivity index (χ1n) is 6.95. The predicted octanol–water partition coefficient (Wildman–Crippen LogP) is 2.79. The van der Waals surface area contributed by atoms with E-state index in [0.717, 1.165) is 19.0 Å². The van der Waals surface area contributed by atoms with Gasteiger partial charge in [0.2, 0.25) is 0 Å². The zero-order chi connectivity index (χ0) is 12.1. The van der Waals surface area contributed by atoms with Crippen molar-refractivity contribution in [3.8, 4) is 0 Å². The van der Waals surface area contributed by atoms with Gasteiger partial charge in [-0.2, -0.15) is 5.10 Å². The number of nitrogens with one attached hydrogen (secondary N) is 1. The summed E-state index contributed by atoms with van der Waals surface area (Å²) in [6, 6.07) is 0. The van der Waals surface area contributed by atoms with Crippen molar-refractivity contribution < 1.29 is 0 Å². The standard InChI is InChI=1S/C14H25N3/c1-12-14(11-16-17(12)2)10-15-9-8-13-6-4-3-5-7-13/h11,13,15H,3-10H2,1-2H3. The van der Waals surface area contributed by atoms with Crippen LogP contribution >= 0.6 is 0 Å². The van der Waals surface area contributed by atoms with Crippen molar-refractivity contribution in [3.63, 3.8) is 0 Å². The fourth-order valence-corrected chi connectivity index (χ4v) is 2.72. The van der Waals surface area contributed by atoms with Gasteiger partial charge in [0.25, 0.3) is 0 Å². The van der Waals surface area contributed by atoms with Gasteiger partial charge in [0.15, 0.2) is 0 Å². The SMILES string of the molecule is Cc1c(CNCCC2CCCCC2)cnn1C. The Bertz CT molecular complexity index is 337. The molecule has 17 heavy (non-hydrogen) atoms. The number of rotatable bonds is 5. The third-order valence-electron chi connectivity index (χ3n) is 4.11. The normalized spacial score (nSPS) is 17.5. The van der Waals surface area contributed by atoms with Gasteiger partial charge in [0.05, 0.1) is 6.20 Å². The highest BCUT2D eigenvalue weighted by Crippen LogP contribution is 2.25. The van der Waals surface area contributed by atoms with Crippen molar-refractivity contribution in [2.45, 2.75) is 52.0 Å². The lowest BCUT2D eigenvalue weighted by Gasteiger charge is -2.21. The minimum atomic E-state index is 0.965. The molecule has 1 fully saturated rings. The van der Waals surface area contributed by atoms with Crippen LogP contribution in [-0.2, 0) is 13.6 Å². The number of hydrogen-bond acceptors (Lipinski definition) is 2. The number of nitrogens with zero attached hydrogens (tertiary/aromatic N) is 2. The molecule has 1 saturated carbocycles. The largest absolute Gasteiger partial charge is 0.313 e. The summed E-state index contributed by atoms with van der Waals surface area (Å²) >= 11 is 0. The molecule has 0 spiro atoms. The quantitative estimate of drug-likeness (QED) is 0.795. The van der Waals surface area contributed by atoms with Crippen LogP contribution in [0.4, 0.5) is 0 Å². The first-order chi connectivity index (χ1) is 8.27. The highest BCUT2D eigenvalue weighted by Gasteiger charge is 2.12. The van der Waals surface area contributed by atoms with Gasteiger partial charge in [-0.25, -0.2) is 0 Å². The van der Waals surface area contributed by atoms with Crippen LogP contribution in [0.2, 0.25) is 0 Å². The summed E-state index contributed by atoms with van der Waals surface area (Å²) in [6.45, 7) is 4.25. The predicted molar refractivity (Wildman–Crippen MR) is 70.8 cm³/mol. The van der Waals surface area contributed by atoms with Gasteiger partial charge in [0, 0.05) is 24.8 Å². The van der Waals surface area contributed by atoms with Crippen LogP contribution in [0.25, 0.3) is 0 Å². The Kier molecular flexibility index (Phi) is 4.60. The topological polar surface area (TPSA) is 29.9 Å². The van der Waals surface area contributed by atoms with Gasteiger partial charge in [-0.3, -0.25) is 4.68 Å². The Morgan fingerprint density at radius 1 is 1.35 bits per heavy atom. The average Bonchev–Trinajstić information content (AvgIpc) is 2.67. The minimum Gasteiger partial charge on any atom is -0.313 e. The molecule has 1 aliphatic carbocycles. The molecule has 1 heterocycles. The fraction of sp³-hybridized carbons (Fsp3) is 0.786. The van der Waals surface area contributed by atoms with Crippen molar-refractivity contribution in [2.75, 3.05) is 6.54 Å². The molecule has 0 aromatic carbocycles. The van der Waals surface area contributed by atoms with E-state index >= 15 is 0 Å². The Hall–Kier alpha value is -0.830. The Morgan fingerprint density at radius 3 is 2.76 bits per heavy atom. The number of hydrogen-bond donors (Lipinski definition) is 1. The van der Waals surface area contributed by atoms with Crippen LogP contribution < -0.4 is 5.32 Å². The van der Waals surface area contributed by atoms with Gasteiger partial charge < -0.3 is 5.32 Å². The Morgan fingerprint density at radius 2 is 2.12 bits per heavy atom. The Labute approximate surface area is 105 Å². The highest BCUT2D eigenvalue weighted by atomic mass is 15.3. The smallest absolute Gasteiger partial charge is 0.0537 e. The number of aromatic nitrogens is 2. The fourth-order valence-electron chi connectivity index (χ4n) is 2.72.